The largest absolute Gasteiger partial charge is 0.476 e. The highest BCUT2D eigenvalue weighted by molar-refractivity contribution is 7.15. The number of alkyl halides is 3. The van der Waals surface area contributed by atoms with Crippen molar-refractivity contribution >= 4 is 17.3 Å². The molecule has 3 aromatic rings. The number of hydrogen-bond acceptors (Lipinski definition) is 6. The number of aromatic nitrogens is 1. The van der Waals surface area contributed by atoms with Crippen molar-refractivity contribution in [3.63, 3.8) is 0 Å². The van der Waals surface area contributed by atoms with Crippen molar-refractivity contribution in [1.29, 1.82) is 0 Å². The van der Waals surface area contributed by atoms with Crippen molar-refractivity contribution in [1.82, 2.24) is 10.3 Å². The second kappa shape index (κ2) is 10.8. The van der Waals surface area contributed by atoms with Crippen LogP contribution in [0.1, 0.15) is 48.0 Å². The molecule has 35 heavy (non-hydrogen) atoms. The molecular formula is C26H29F3N2O3S. The Kier molecular flexibility index (Phi) is 8.22. The standard InChI is InChI=1S/C26H29F3N2O3S/c1-6-33-24(32)25(4,5)34-21-12-7-18(13-16(21)2)14-30-15-22-17(3)31-23(35-22)19-8-10-20(11-9-19)26(27,28)29/h7-13,30H,6,14-15H2,1-5H3. The number of nitrogens with zero attached hydrogens (tertiary/aromatic N) is 1. The van der Waals surface area contributed by atoms with Crippen molar-refractivity contribution in [3.05, 3.63) is 69.7 Å². The molecule has 1 aromatic heterocycles. The highest BCUT2D eigenvalue weighted by Crippen LogP contribution is 2.33. The predicted octanol–water partition coefficient (Wildman–Crippen LogP) is 6.46. The summed E-state index contributed by atoms with van der Waals surface area (Å²) in [7, 11) is 0. The molecule has 0 fully saturated rings. The summed E-state index contributed by atoms with van der Waals surface area (Å²) in [5.41, 5.74) is 1.70. The summed E-state index contributed by atoms with van der Waals surface area (Å²) in [5, 5.41) is 4.08. The molecule has 0 radical (unpaired) electrons. The molecule has 0 atom stereocenters. The van der Waals surface area contributed by atoms with E-state index in [4.69, 9.17) is 9.47 Å². The maximum absolute atomic E-state index is 12.8. The van der Waals surface area contributed by atoms with Crippen molar-refractivity contribution in [2.24, 2.45) is 0 Å². The van der Waals surface area contributed by atoms with E-state index in [9.17, 15) is 18.0 Å². The summed E-state index contributed by atoms with van der Waals surface area (Å²) in [6.07, 6.45) is -4.35. The molecule has 0 aliphatic carbocycles. The van der Waals surface area contributed by atoms with Gasteiger partial charge >= 0.3 is 12.1 Å². The quantitative estimate of drug-likeness (QED) is 0.338. The van der Waals surface area contributed by atoms with Gasteiger partial charge in [-0.2, -0.15) is 13.2 Å². The fourth-order valence-corrected chi connectivity index (χ4v) is 4.43. The van der Waals surface area contributed by atoms with Crippen LogP contribution in [0.5, 0.6) is 5.75 Å². The molecule has 1 heterocycles. The molecule has 0 spiro atoms. The van der Waals surface area contributed by atoms with E-state index in [-0.39, 0.29) is 0 Å². The van der Waals surface area contributed by atoms with E-state index in [1.165, 1.54) is 23.5 Å². The third-order valence-corrected chi connectivity index (χ3v) is 6.54. The summed E-state index contributed by atoms with van der Waals surface area (Å²) in [4.78, 5) is 17.6. The van der Waals surface area contributed by atoms with Gasteiger partial charge in [0.25, 0.3) is 0 Å². The van der Waals surface area contributed by atoms with Crippen LogP contribution in [-0.2, 0) is 28.8 Å². The molecule has 0 unspecified atom stereocenters. The first-order chi connectivity index (χ1) is 16.4. The maximum Gasteiger partial charge on any atom is 0.416 e. The summed E-state index contributed by atoms with van der Waals surface area (Å²) < 4.78 is 49.4. The number of rotatable bonds is 9. The minimum atomic E-state index is -4.35. The Morgan fingerprint density at radius 3 is 2.34 bits per heavy atom. The molecule has 9 heteroatoms. The molecule has 0 aliphatic heterocycles. The van der Waals surface area contributed by atoms with E-state index < -0.39 is 23.3 Å². The third-order valence-electron chi connectivity index (χ3n) is 5.34. The van der Waals surface area contributed by atoms with Gasteiger partial charge in [0.05, 0.1) is 17.9 Å². The van der Waals surface area contributed by atoms with Crippen LogP contribution in [0, 0.1) is 13.8 Å². The Hall–Kier alpha value is -2.91. The average molecular weight is 507 g/mol. The van der Waals surface area contributed by atoms with Crippen molar-refractivity contribution in [2.45, 2.75) is 59.5 Å². The smallest absolute Gasteiger partial charge is 0.416 e. The zero-order valence-corrected chi connectivity index (χ0v) is 21.2. The lowest BCUT2D eigenvalue weighted by Crippen LogP contribution is -2.39. The number of thiazole rings is 1. The van der Waals surface area contributed by atoms with Crippen LogP contribution in [0.2, 0.25) is 0 Å². The summed E-state index contributed by atoms with van der Waals surface area (Å²) in [6.45, 7) is 10.4. The number of carbonyl (C=O) groups is 1. The number of esters is 1. The lowest BCUT2D eigenvalue weighted by atomic mass is 10.1. The van der Waals surface area contributed by atoms with Gasteiger partial charge in [0.2, 0.25) is 0 Å². The molecule has 0 amide bonds. The Morgan fingerprint density at radius 2 is 1.74 bits per heavy atom. The monoisotopic (exact) mass is 506 g/mol. The second-order valence-electron chi connectivity index (χ2n) is 8.64. The number of ether oxygens (including phenoxy) is 2. The lowest BCUT2D eigenvalue weighted by molar-refractivity contribution is -0.158. The van der Waals surface area contributed by atoms with Crippen LogP contribution < -0.4 is 10.1 Å². The van der Waals surface area contributed by atoms with Gasteiger partial charge in [-0.25, -0.2) is 9.78 Å². The van der Waals surface area contributed by atoms with Gasteiger partial charge in [-0.1, -0.05) is 24.3 Å². The lowest BCUT2D eigenvalue weighted by Gasteiger charge is -2.25. The van der Waals surface area contributed by atoms with Gasteiger partial charge in [-0.15, -0.1) is 11.3 Å². The van der Waals surface area contributed by atoms with E-state index in [0.29, 0.717) is 36.0 Å². The molecule has 2 aromatic carbocycles. The molecule has 3 rings (SSSR count). The summed E-state index contributed by atoms with van der Waals surface area (Å²) in [6, 6.07) is 10.8. The van der Waals surface area contributed by atoms with E-state index in [2.05, 4.69) is 10.3 Å². The number of nitrogens with one attached hydrogen (secondary N) is 1. The molecular weight excluding hydrogens is 477 g/mol. The zero-order valence-electron chi connectivity index (χ0n) is 20.4. The van der Waals surface area contributed by atoms with Gasteiger partial charge in [0, 0.05) is 23.5 Å². The fourth-order valence-electron chi connectivity index (χ4n) is 3.40. The first-order valence-corrected chi connectivity index (χ1v) is 12.0. The highest BCUT2D eigenvalue weighted by atomic mass is 32.1. The molecule has 5 nitrogen and oxygen atoms in total. The zero-order chi connectivity index (χ0) is 25.8. The summed E-state index contributed by atoms with van der Waals surface area (Å²) >= 11 is 1.46. The minimum absolute atomic E-state index is 0.292. The van der Waals surface area contributed by atoms with E-state index >= 15 is 0 Å². The van der Waals surface area contributed by atoms with Crippen molar-refractivity contribution < 1.29 is 27.4 Å². The van der Waals surface area contributed by atoms with Gasteiger partial charge in [-0.05, 0) is 63.9 Å². The third kappa shape index (κ3) is 6.82. The van der Waals surface area contributed by atoms with Gasteiger partial charge < -0.3 is 14.8 Å². The average Bonchev–Trinajstić information content (AvgIpc) is 3.15. The molecule has 0 saturated heterocycles. The van der Waals surface area contributed by atoms with Crippen molar-refractivity contribution in [3.8, 4) is 16.3 Å². The fraction of sp³-hybridized carbons (Fsp3) is 0.385. The van der Waals surface area contributed by atoms with E-state index in [0.717, 1.165) is 33.8 Å². The maximum atomic E-state index is 12.8. The first-order valence-electron chi connectivity index (χ1n) is 11.2. The normalized spacial score (nSPS) is 12.0. The van der Waals surface area contributed by atoms with Gasteiger partial charge in [0.15, 0.2) is 5.60 Å². The molecule has 0 aliphatic rings. The number of benzene rings is 2. The molecule has 0 bridgehead atoms. The Bertz CT molecular complexity index is 1170. The van der Waals surface area contributed by atoms with Crippen LogP contribution >= 0.6 is 11.3 Å². The Labute approximate surface area is 207 Å². The van der Waals surface area contributed by atoms with Crippen LogP contribution in [0.4, 0.5) is 13.2 Å². The molecule has 0 saturated carbocycles. The highest BCUT2D eigenvalue weighted by Gasteiger charge is 2.32. The Balaban J connectivity index is 1.60. The number of carbonyl (C=O) groups excluding carboxylic acids is 1. The number of aryl methyl sites for hydroxylation is 2. The Morgan fingerprint density at radius 1 is 1.06 bits per heavy atom. The van der Waals surface area contributed by atoms with Crippen LogP contribution in [-0.4, -0.2) is 23.2 Å². The topological polar surface area (TPSA) is 60.5 Å². The van der Waals surface area contributed by atoms with E-state index in [1.807, 2.05) is 32.0 Å². The number of halogens is 3. The van der Waals surface area contributed by atoms with Crippen LogP contribution in [0.3, 0.4) is 0 Å². The predicted molar refractivity (Wildman–Crippen MR) is 130 cm³/mol. The number of hydrogen-bond donors (Lipinski definition) is 1. The molecule has 188 valence electrons. The van der Waals surface area contributed by atoms with Crippen molar-refractivity contribution in [2.75, 3.05) is 6.61 Å². The molecule has 1 N–H and O–H groups in total. The SMILES string of the molecule is CCOC(=O)C(C)(C)Oc1ccc(CNCc2sc(-c3ccc(C(F)(F)F)cc3)nc2C)cc1C. The van der Waals surface area contributed by atoms with Crippen LogP contribution in [0.25, 0.3) is 10.6 Å². The van der Waals surface area contributed by atoms with Crippen LogP contribution in [0.15, 0.2) is 42.5 Å². The summed E-state index contributed by atoms with van der Waals surface area (Å²) in [5.74, 6) is 0.201. The second-order valence-corrected chi connectivity index (χ2v) is 9.72. The minimum Gasteiger partial charge on any atom is -0.476 e. The van der Waals surface area contributed by atoms with Gasteiger partial charge in [0.1, 0.15) is 10.8 Å². The first kappa shape index (κ1) is 26.7. The van der Waals surface area contributed by atoms with E-state index in [1.54, 1.807) is 20.8 Å². The van der Waals surface area contributed by atoms with Gasteiger partial charge in [-0.3, -0.25) is 0 Å².